The number of aromatic nitrogens is 2. The molecular weight excluding hydrogens is 484 g/mol. The average molecular weight is 499 g/mol. The Bertz CT molecular complexity index is 1360. The molecule has 5 rings (SSSR count). The summed E-state index contributed by atoms with van der Waals surface area (Å²) in [5.41, 5.74) is -1.14. The van der Waals surface area contributed by atoms with Gasteiger partial charge in [-0.15, -0.1) is 0 Å². The summed E-state index contributed by atoms with van der Waals surface area (Å²) >= 11 is 0. The van der Waals surface area contributed by atoms with Crippen LogP contribution in [0.25, 0.3) is 0 Å². The maximum Gasteiger partial charge on any atom is 0.352 e. The summed E-state index contributed by atoms with van der Waals surface area (Å²) in [6.07, 6.45) is 0. The lowest BCUT2D eigenvalue weighted by molar-refractivity contribution is 0.189. The van der Waals surface area contributed by atoms with E-state index in [-0.39, 0.29) is 29.8 Å². The summed E-state index contributed by atoms with van der Waals surface area (Å²) in [5, 5.41) is 0. The van der Waals surface area contributed by atoms with Crippen molar-refractivity contribution in [2.45, 2.75) is 25.8 Å². The Kier molecular flexibility index (Phi) is 5.79. The standard InChI is InChI=1S/C22H15F6N3O4/c23-13-1-10(2-14(24)18(13)26)6-35-21-11(3-15(25)19(27)20(21)28)7-34-16-4-17-30(22(32)29-16)5-12-8-33-9-31(12)17/h1-4,12H,5-9H2/t12-/m1/s1. The van der Waals surface area contributed by atoms with Crippen LogP contribution in [0.2, 0.25) is 0 Å². The third-order valence-corrected chi connectivity index (χ3v) is 5.63. The molecule has 3 aromatic rings. The van der Waals surface area contributed by atoms with E-state index in [0.717, 1.165) is 0 Å². The zero-order valence-corrected chi connectivity index (χ0v) is 17.7. The molecule has 184 valence electrons. The molecule has 0 radical (unpaired) electrons. The predicted octanol–water partition coefficient (Wildman–Crippen LogP) is 3.41. The number of nitrogens with zero attached hydrogens (tertiary/aromatic N) is 3. The molecule has 0 N–H and O–H groups in total. The first kappa shape index (κ1) is 23.0. The van der Waals surface area contributed by atoms with Gasteiger partial charge in [-0.1, -0.05) is 0 Å². The lowest BCUT2D eigenvalue weighted by Crippen LogP contribution is -2.26. The highest BCUT2D eigenvalue weighted by atomic mass is 19.2. The van der Waals surface area contributed by atoms with E-state index in [4.69, 9.17) is 14.2 Å². The van der Waals surface area contributed by atoms with Gasteiger partial charge >= 0.3 is 5.69 Å². The molecule has 2 aliphatic rings. The first-order valence-electron chi connectivity index (χ1n) is 10.2. The minimum Gasteiger partial charge on any atom is -0.485 e. The second-order valence-electron chi connectivity index (χ2n) is 7.89. The highest BCUT2D eigenvalue weighted by Gasteiger charge is 2.35. The highest BCUT2D eigenvalue weighted by Crippen LogP contribution is 2.32. The van der Waals surface area contributed by atoms with Gasteiger partial charge in [0.05, 0.1) is 19.2 Å². The molecule has 1 aromatic heterocycles. The molecule has 1 saturated heterocycles. The number of halogens is 6. The molecule has 13 heteroatoms. The lowest BCUT2D eigenvalue weighted by Gasteiger charge is -2.16. The van der Waals surface area contributed by atoms with Crippen molar-refractivity contribution in [1.29, 1.82) is 0 Å². The van der Waals surface area contributed by atoms with Gasteiger partial charge in [0.25, 0.3) is 0 Å². The number of hydrogen-bond donors (Lipinski definition) is 0. The molecule has 35 heavy (non-hydrogen) atoms. The monoisotopic (exact) mass is 499 g/mol. The topological polar surface area (TPSA) is 65.8 Å². The van der Waals surface area contributed by atoms with E-state index in [2.05, 4.69) is 4.98 Å². The Morgan fingerprint density at radius 2 is 1.63 bits per heavy atom. The molecule has 1 atom stereocenters. The van der Waals surface area contributed by atoms with E-state index in [1.54, 1.807) is 0 Å². The van der Waals surface area contributed by atoms with Crippen LogP contribution in [-0.4, -0.2) is 28.9 Å². The normalized spacial score (nSPS) is 16.4. The molecule has 0 aliphatic carbocycles. The fourth-order valence-corrected chi connectivity index (χ4v) is 3.94. The van der Waals surface area contributed by atoms with Crippen LogP contribution < -0.4 is 20.1 Å². The van der Waals surface area contributed by atoms with Gasteiger partial charge in [0, 0.05) is 11.6 Å². The van der Waals surface area contributed by atoms with Gasteiger partial charge in [0.15, 0.2) is 34.8 Å². The summed E-state index contributed by atoms with van der Waals surface area (Å²) < 4.78 is 99.6. The number of rotatable bonds is 6. The smallest absolute Gasteiger partial charge is 0.352 e. The van der Waals surface area contributed by atoms with Gasteiger partial charge in [-0.25, -0.2) is 26.7 Å². The molecule has 7 nitrogen and oxygen atoms in total. The van der Waals surface area contributed by atoms with E-state index in [1.165, 1.54) is 10.6 Å². The van der Waals surface area contributed by atoms with Crippen LogP contribution >= 0.6 is 0 Å². The zero-order valence-electron chi connectivity index (χ0n) is 17.7. The van der Waals surface area contributed by atoms with E-state index >= 15 is 0 Å². The van der Waals surface area contributed by atoms with Crippen molar-refractivity contribution in [3.05, 3.63) is 80.8 Å². The largest absolute Gasteiger partial charge is 0.485 e. The van der Waals surface area contributed by atoms with Crippen LogP contribution in [-0.2, 0) is 24.5 Å². The maximum atomic E-state index is 14.5. The minimum absolute atomic E-state index is 0.0267. The Balaban J connectivity index is 1.39. The number of anilines is 1. The Hall–Kier alpha value is -3.74. The molecule has 0 bridgehead atoms. The van der Waals surface area contributed by atoms with Crippen molar-refractivity contribution in [1.82, 2.24) is 9.55 Å². The second kappa shape index (κ2) is 8.80. The molecule has 0 unspecified atom stereocenters. The van der Waals surface area contributed by atoms with Gasteiger partial charge in [-0.05, 0) is 23.8 Å². The molecule has 0 spiro atoms. The zero-order chi connectivity index (χ0) is 24.9. The van der Waals surface area contributed by atoms with Crippen LogP contribution in [0.4, 0.5) is 32.2 Å². The molecule has 0 saturated carbocycles. The third-order valence-electron chi connectivity index (χ3n) is 5.63. The van der Waals surface area contributed by atoms with Crippen molar-refractivity contribution in [2.75, 3.05) is 18.2 Å². The minimum atomic E-state index is -1.84. The average Bonchev–Trinajstić information content (AvgIpc) is 3.41. The van der Waals surface area contributed by atoms with Crippen LogP contribution in [0.5, 0.6) is 11.6 Å². The molecule has 2 aromatic carbocycles. The summed E-state index contributed by atoms with van der Waals surface area (Å²) in [5.74, 6) is -10.2. The highest BCUT2D eigenvalue weighted by molar-refractivity contribution is 5.47. The number of ether oxygens (including phenoxy) is 3. The number of hydrogen-bond acceptors (Lipinski definition) is 6. The van der Waals surface area contributed by atoms with Crippen molar-refractivity contribution >= 4 is 5.82 Å². The van der Waals surface area contributed by atoms with Gasteiger partial charge in [0.1, 0.15) is 25.8 Å². The van der Waals surface area contributed by atoms with Crippen LogP contribution in [0, 0.1) is 34.9 Å². The fourth-order valence-electron chi connectivity index (χ4n) is 3.94. The summed E-state index contributed by atoms with van der Waals surface area (Å²) in [7, 11) is 0. The molecule has 1 fully saturated rings. The first-order chi connectivity index (χ1) is 16.7. The Labute approximate surface area is 193 Å². The molecule has 2 aliphatic heterocycles. The summed E-state index contributed by atoms with van der Waals surface area (Å²) in [4.78, 5) is 18.0. The quantitative estimate of drug-likeness (QED) is 0.383. The molecule has 0 amide bonds. The second-order valence-corrected chi connectivity index (χ2v) is 7.89. The van der Waals surface area contributed by atoms with Crippen molar-refractivity contribution in [3.63, 3.8) is 0 Å². The first-order valence-corrected chi connectivity index (χ1v) is 10.2. The van der Waals surface area contributed by atoms with E-state index in [9.17, 15) is 31.1 Å². The van der Waals surface area contributed by atoms with E-state index in [0.29, 0.717) is 37.2 Å². The maximum absolute atomic E-state index is 14.5. The van der Waals surface area contributed by atoms with E-state index < -0.39 is 59.6 Å². The van der Waals surface area contributed by atoms with Crippen LogP contribution in [0.1, 0.15) is 11.1 Å². The Morgan fingerprint density at radius 1 is 0.914 bits per heavy atom. The summed E-state index contributed by atoms with van der Waals surface area (Å²) in [6.45, 7) is -0.194. The predicted molar refractivity (Wildman–Crippen MR) is 107 cm³/mol. The van der Waals surface area contributed by atoms with Gasteiger partial charge < -0.3 is 19.1 Å². The molecular formula is C22H15F6N3O4. The van der Waals surface area contributed by atoms with Crippen molar-refractivity contribution < 1.29 is 40.6 Å². The lowest BCUT2D eigenvalue weighted by atomic mass is 10.1. The van der Waals surface area contributed by atoms with Crippen molar-refractivity contribution in [3.8, 4) is 11.6 Å². The number of fused-ring (bicyclic) bond motifs is 3. The third kappa shape index (κ3) is 4.16. The van der Waals surface area contributed by atoms with Gasteiger partial charge in [0.2, 0.25) is 11.7 Å². The number of benzene rings is 2. The SMILES string of the molecule is O=c1nc(OCc2cc(F)c(F)c(F)c2OCc2cc(F)c(F)c(F)c2)cc2n1C[C@@H]1COCN21. The van der Waals surface area contributed by atoms with Crippen LogP contribution in [0.3, 0.4) is 0 Å². The van der Waals surface area contributed by atoms with Crippen molar-refractivity contribution in [2.24, 2.45) is 0 Å². The van der Waals surface area contributed by atoms with Gasteiger partial charge in [-0.3, -0.25) is 4.57 Å². The summed E-state index contributed by atoms with van der Waals surface area (Å²) in [6, 6.07) is 3.27. The van der Waals surface area contributed by atoms with Gasteiger partial charge in [-0.2, -0.15) is 9.37 Å². The van der Waals surface area contributed by atoms with Crippen LogP contribution in [0.15, 0.2) is 29.1 Å². The Morgan fingerprint density at radius 3 is 2.37 bits per heavy atom. The van der Waals surface area contributed by atoms with E-state index in [1.807, 2.05) is 4.90 Å². The fraction of sp³-hybridized carbons (Fsp3) is 0.273. The molecule has 3 heterocycles.